The lowest BCUT2D eigenvalue weighted by Crippen LogP contribution is -2.44. The molecular formula is C18H26N2O. The number of hydrogen-bond acceptors (Lipinski definition) is 2. The van der Waals surface area contributed by atoms with E-state index in [1.54, 1.807) is 0 Å². The fraction of sp³-hybridized carbons (Fsp3) is 0.611. The average Bonchev–Trinajstić information content (AvgIpc) is 2.69. The van der Waals surface area contributed by atoms with Crippen LogP contribution >= 0.6 is 0 Å². The summed E-state index contributed by atoms with van der Waals surface area (Å²) in [5.41, 5.74) is 3.78. The van der Waals surface area contributed by atoms with Gasteiger partial charge in [-0.15, -0.1) is 0 Å². The van der Waals surface area contributed by atoms with E-state index >= 15 is 0 Å². The fourth-order valence-corrected chi connectivity index (χ4v) is 3.44. The van der Waals surface area contributed by atoms with Crippen molar-refractivity contribution in [2.45, 2.75) is 65.2 Å². The summed E-state index contributed by atoms with van der Waals surface area (Å²) >= 11 is 0. The number of aryl methyl sites for hydroxylation is 2. The van der Waals surface area contributed by atoms with E-state index < -0.39 is 0 Å². The maximum atomic E-state index is 12.8. The fourth-order valence-electron chi connectivity index (χ4n) is 3.44. The van der Waals surface area contributed by atoms with Gasteiger partial charge < -0.3 is 4.90 Å². The molecule has 1 amide bonds. The van der Waals surface area contributed by atoms with Gasteiger partial charge >= 0.3 is 0 Å². The third-order valence-corrected chi connectivity index (χ3v) is 5.00. The number of nitrogens with one attached hydrogen (secondary N) is 1. The molecule has 1 aliphatic carbocycles. The van der Waals surface area contributed by atoms with Crippen LogP contribution in [0.2, 0.25) is 0 Å². The van der Waals surface area contributed by atoms with Crippen molar-refractivity contribution in [3.8, 4) is 0 Å². The van der Waals surface area contributed by atoms with Crippen LogP contribution < -0.4 is 5.32 Å². The summed E-state index contributed by atoms with van der Waals surface area (Å²) in [6.45, 7) is 8.51. The highest BCUT2D eigenvalue weighted by Crippen LogP contribution is 2.37. The van der Waals surface area contributed by atoms with Crippen LogP contribution in [0.15, 0.2) is 18.2 Å². The van der Waals surface area contributed by atoms with Crippen molar-refractivity contribution >= 4 is 5.91 Å². The summed E-state index contributed by atoms with van der Waals surface area (Å²) in [6.07, 6.45) is 3.61. The molecule has 1 N–H and O–H groups in total. The number of carbonyl (C=O) groups is 1. The Morgan fingerprint density at radius 2 is 1.95 bits per heavy atom. The lowest BCUT2D eigenvalue weighted by Gasteiger charge is -2.38. The molecular weight excluding hydrogens is 260 g/mol. The van der Waals surface area contributed by atoms with E-state index in [9.17, 15) is 4.79 Å². The van der Waals surface area contributed by atoms with Crippen molar-refractivity contribution in [1.82, 2.24) is 10.2 Å². The molecule has 2 unspecified atom stereocenters. The van der Waals surface area contributed by atoms with Crippen molar-refractivity contribution in [2.24, 2.45) is 5.92 Å². The number of hydrogen-bond donors (Lipinski definition) is 1. The van der Waals surface area contributed by atoms with E-state index in [0.717, 1.165) is 12.8 Å². The van der Waals surface area contributed by atoms with Gasteiger partial charge in [0, 0.05) is 6.04 Å². The molecule has 2 atom stereocenters. The highest BCUT2D eigenvalue weighted by Gasteiger charge is 2.45. The molecule has 0 bridgehead atoms. The predicted octanol–water partition coefficient (Wildman–Crippen LogP) is 3.31. The first-order valence-electron chi connectivity index (χ1n) is 8.14. The molecule has 2 fully saturated rings. The van der Waals surface area contributed by atoms with E-state index in [1.165, 1.54) is 23.1 Å². The van der Waals surface area contributed by atoms with E-state index in [0.29, 0.717) is 17.9 Å². The summed E-state index contributed by atoms with van der Waals surface area (Å²) in [5, 5.41) is 3.60. The second-order valence-corrected chi connectivity index (χ2v) is 6.98. The maximum absolute atomic E-state index is 12.8. The van der Waals surface area contributed by atoms with Gasteiger partial charge in [-0.25, -0.2) is 0 Å². The molecule has 1 aromatic rings. The van der Waals surface area contributed by atoms with Crippen LogP contribution in [0.1, 0.15) is 56.0 Å². The molecule has 2 aliphatic rings. The summed E-state index contributed by atoms with van der Waals surface area (Å²) in [4.78, 5) is 15.0. The number of rotatable bonds is 3. The summed E-state index contributed by atoms with van der Waals surface area (Å²) in [7, 11) is 0. The van der Waals surface area contributed by atoms with Gasteiger partial charge in [0.1, 0.15) is 6.17 Å². The number of nitrogens with zero attached hydrogens (tertiary/aromatic N) is 1. The summed E-state index contributed by atoms with van der Waals surface area (Å²) in [5.74, 6) is 0.621. The zero-order chi connectivity index (χ0) is 15.1. The third kappa shape index (κ3) is 2.48. The van der Waals surface area contributed by atoms with Gasteiger partial charge in [-0.1, -0.05) is 37.6 Å². The Balaban J connectivity index is 1.98. The Morgan fingerprint density at radius 1 is 1.24 bits per heavy atom. The second kappa shape index (κ2) is 5.45. The topological polar surface area (TPSA) is 32.3 Å². The highest BCUT2D eigenvalue weighted by atomic mass is 16.2. The van der Waals surface area contributed by atoms with Gasteiger partial charge in [-0.3, -0.25) is 10.1 Å². The minimum Gasteiger partial charge on any atom is -0.319 e. The van der Waals surface area contributed by atoms with Crippen LogP contribution in [0.3, 0.4) is 0 Å². The molecule has 1 aromatic carbocycles. The Morgan fingerprint density at radius 3 is 2.52 bits per heavy atom. The van der Waals surface area contributed by atoms with E-state index in [1.807, 2.05) is 0 Å². The molecule has 0 spiro atoms. The van der Waals surface area contributed by atoms with Crippen LogP contribution in [0, 0.1) is 19.8 Å². The first kappa shape index (κ1) is 14.6. The lowest BCUT2D eigenvalue weighted by molar-refractivity contribution is -0.134. The van der Waals surface area contributed by atoms with Gasteiger partial charge in [-0.05, 0) is 50.2 Å². The molecule has 3 heteroatoms. The van der Waals surface area contributed by atoms with E-state index in [4.69, 9.17) is 0 Å². The molecule has 21 heavy (non-hydrogen) atoms. The Labute approximate surface area is 127 Å². The molecule has 1 saturated carbocycles. The number of amides is 1. The monoisotopic (exact) mass is 286 g/mol. The number of carbonyl (C=O) groups excluding carboxylic acids is 1. The van der Waals surface area contributed by atoms with E-state index in [-0.39, 0.29) is 12.2 Å². The van der Waals surface area contributed by atoms with Gasteiger partial charge in [0.05, 0.1) is 6.04 Å². The zero-order valence-electron chi connectivity index (χ0n) is 13.5. The lowest BCUT2D eigenvalue weighted by atomic mass is 9.90. The van der Waals surface area contributed by atoms with Gasteiger partial charge in [0.15, 0.2) is 0 Å². The smallest absolute Gasteiger partial charge is 0.241 e. The molecule has 3 rings (SSSR count). The number of benzene rings is 1. The second-order valence-electron chi connectivity index (χ2n) is 6.98. The Hall–Kier alpha value is -1.35. The maximum Gasteiger partial charge on any atom is 0.241 e. The van der Waals surface area contributed by atoms with Gasteiger partial charge in [0.2, 0.25) is 5.91 Å². The SMILES string of the molecule is Cc1ccc(C)c(C2NC(C(C)C)C(=O)N2C2CCC2)c1. The molecule has 0 radical (unpaired) electrons. The minimum absolute atomic E-state index is 0.0458. The highest BCUT2D eigenvalue weighted by molar-refractivity contribution is 5.85. The van der Waals surface area contributed by atoms with Gasteiger partial charge in [0.25, 0.3) is 0 Å². The molecule has 1 heterocycles. The Bertz CT molecular complexity index is 548. The Kier molecular flexibility index (Phi) is 3.78. The standard InChI is InChI=1S/C18H26N2O/c1-11(2)16-18(21)20(14-6-5-7-14)17(19-16)15-10-12(3)8-9-13(15)4/h8-11,14,16-17,19H,5-7H2,1-4H3. The van der Waals surface area contributed by atoms with Crippen molar-refractivity contribution < 1.29 is 4.79 Å². The van der Waals surface area contributed by atoms with Crippen molar-refractivity contribution in [3.63, 3.8) is 0 Å². The molecule has 114 valence electrons. The van der Waals surface area contributed by atoms with Crippen molar-refractivity contribution in [2.75, 3.05) is 0 Å². The normalized spacial score (nSPS) is 26.5. The summed E-state index contributed by atoms with van der Waals surface area (Å²) in [6, 6.07) is 6.92. The first-order valence-corrected chi connectivity index (χ1v) is 8.14. The third-order valence-electron chi connectivity index (χ3n) is 5.00. The predicted molar refractivity (Wildman–Crippen MR) is 84.9 cm³/mol. The average molecular weight is 286 g/mol. The minimum atomic E-state index is -0.0458. The van der Waals surface area contributed by atoms with Crippen molar-refractivity contribution in [1.29, 1.82) is 0 Å². The molecule has 3 nitrogen and oxygen atoms in total. The van der Waals surface area contributed by atoms with Gasteiger partial charge in [-0.2, -0.15) is 0 Å². The molecule has 1 aliphatic heterocycles. The quantitative estimate of drug-likeness (QED) is 0.924. The van der Waals surface area contributed by atoms with Crippen LogP contribution in [0.5, 0.6) is 0 Å². The van der Waals surface area contributed by atoms with Crippen LogP contribution in [0.4, 0.5) is 0 Å². The van der Waals surface area contributed by atoms with Crippen LogP contribution in [-0.2, 0) is 4.79 Å². The van der Waals surface area contributed by atoms with E-state index in [2.05, 4.69) is 56.1 Å². The summed E-state index contributed by atoms with van der Waals surface area (Å²) < 4.78 is 0. The van der Waals surface area contributed by atoms with Crippen molar-refractivity contribution in [3.05, 3.63) is 34.9 Å². The first-order chi connectivity index (χ1) is 9.99. The molecule has 1 saturated heterocycles. The molecule has 0 aromatic heterocycles. The van der Waals surface area contributed by atoms with Crippen LogP contribution in [0.25, 0.3) is 0 Å². The van der Waals surface area contributed by atoms with Crippen LogP contribution in [-0.4, -0.2) is 22.9 Å². The largest absolute Gasteiger partial charge is 0.319 e. The zero-order valence-corrected chi connectivity index (χ0v) is 13.5.